The van der Waals surface area contributed by atoms with Crippen LogP contribution in [0.5, 0.6) is 0 Å². The van der Waals surface area contributed by atoms with Gasteiger partial charge >= 0.3 is 0 Å². The van der Waals surface area contributed by atoms with E-state index in [4.69, 9.17) is 9.15 Å². The van der Waals surface area contributed by atoms with Gasteiger partial charge in [0.25, 0.3) is 5.91 Å². The number of nitrogens with one attached hydrogen (secondary N) is 1. The topological polar surface area (TPSA) is 54.7 Å². The number of morpholine rings is 1. The predicted octanol–water partition coefficient (Wildman–Crippen LogP) is 3.61. The van der Waals surface area contributed by atoms with Crippen LogP contribution in [-0.2, 0) is 4.74 Å². The molecule has 26 heavy (non-hydrogen) atoms. The van der Waals surface area contributed by atoms with Gasteiger partial charge < -0.3 is 14.5 Å². The summed E-state index contributed by atoms with van der Waals surface area (Å²) in [6.45, 7) is 5.54. The van der Waals surface area contributed by atoms with Crippen LogP contribution in [-0.4, -0.2) is 43.7 Å². The third-order valence-corrected chi connectivity index (χ3v) is 5.80. The van der Waals surface area contributed by atoms with Gasteiger partial charge in [0.1, 0.15) is 11.5 Å². The molecule has 1 fully saturated rings. The fourth-order valence-corrected chi connectivity index (χ4v) is 4.28. The summed E-state index contributed by atoms with van der Waals surface area (Å²) >= 11 is 1.52. The Hall–Kier alpha value is -2.15. The van der Waals surface area contributed by atoms with E-state index in [0.717, 1.165) is 39.6 Å². The molecule has 4 rings (SSSR count). The summed E-state index contributed by atoms with van der Waals surface area (Å²) in [6.07, 6.45) is 0. The molecule has 3 aromatic rings. The summed E-state index contributed by atoms with van der Waals surface area (Å²) in [5, 5.41) is 4.20. The van der Waals surface area contributed by atoms with E-state index < -0.39 is 0 Å². The first-order chi connectivity index (χ1) is 12.7. The number of hydrogen-bond donors (Lipinski definition) is 1. The maximum atomic E-state index is 12.7. The molecular formula is C20H22N2O3S. The van der Waals surface area contributed by atoms with Gasteiger partial charge in [0.2, 0.25) is 0 Å². The van der Waals surface area contributed by atoms with Crippen molar-refractivity contribution in [2.24, 2.45) is 0 Å². The van der Waals surface area contributed by atoms with Crippen LogP contribution in [0.4, 0.5) is 0 Å². The van der Waals surface area contributed by atoms with Gasteiger partial charge in [0, 0.05) is 24.3 Å². The molecule has 136 valence electrons. The van der Waals surface area contributed by atoms with Gasteiger partial charge in [-0.25, -0.2) is 0 Å². The second-order valence-corrected chi connectivity index (χ2v) is 7.55. The van der Waals surface area contributed by atoms with Crippen molar-refractivity contribution in [2.45, 2.75) is 13.0 Å². The van der Waals surface area contributed by atoms with Crippen LogP contribution < -0.4 is 5.32 Å². The van der Waals surface area contributed by atoms with E-state index in [1.54, 1.807) is 0 Å². The van der Waals surface area contributed by atoms with Crippen LogP contribution in [0.1, 0.15) is 27.2 Å². The number of nitrogens with zero attached hydrogens (tertiary/aromatic N) is 1. The Morgan fingerprint density at radius 1 is 1.23 bits per heavy atom. The maximum absolute atomic E-state index is 12.7. The molecule has 2 aromatic heterocycles. The van der Waals surface area contributed by atoms with E-state index in [9.17, 15) is 4.79 Å². The van der Waals surface area contributed by atoms with Crippen molar-refractivity contribution >= 4 is 27.3 Å². The highest BCUT2D eigenvalue weighted by Gasteiger charge is 2.26. The van der Waals surface area contributed by atoms with Gasteiger partial charge in [0.05, 0.1) is 24.1 Å². The highest BCUT2D eigenvalue weighted by Crippen LogP contribution is 2.26. The standard InChI is InChI=1S/C20H22N2O3S/c1-14-6-7-17(25-14)16(22-8-10-24-11-9-22)13-21-20(23)19-12-15-4-2-3-5-18(15)26-19/h2-7,12,16H,8-11,13H2,1H3,(H,21,23)/t16-/m1/s1. The van der Waals surface area contributed by atoms with Crippen molar-refractivity contribution in [2.75, 3.05) is 32.8 Å². The summed E-state index contributed by atoms with van der Waals surface area (Å²) in [5.74, 6) is 1.74. The van der Waals surface area contributed by atoms with E-state index in [0.29, 0.717) is 19.8 Å². The summed E-state index contributed by atoms with van der Waals surface area (Å²) in [4.78, 5) is 15.7. The lowest BCUT2D eigenvalue weighted by Crippen LogP contribution is -2.43. The maximum Gasteiger partial charge on any atom is 0.261 e. The van der Waals surface area contributed by atoms with E-state index in [1.165, 1.54) is 11.3 Å². The van der Waals surface area contributed by atoms with E-state index >= 15 is 0 Å². The number of aryl methyl sites for hydroxylation is 1. The Bertz CT molecular complexity index is 862. The van der Waals surface area contributed by atoms with E-state index in [1.807, 2.05) is 49.4 Å². The Labute approximate surface area is 156 Å². The van der Waals surface area contributed by atoms with Gasteiger partial charge in [-0.15, -0.1) is 11.3 Å². The number of fused-ring (bicyclic) bond motifs is 1. The van der Waals surface area contributed by atoms with Crippen molar-refractivity contribution in [3.8, 4) is 0 Å². The van der Waals surface area contributed by atoms with Crippen LogP contribution in [0.15, 0.2) is 46.9 Å². The van der Waals surface area contributed by atoms with Crippen molar-refractivity contribution in [1.29, 1.82) is 0 Å². The van der Waals surface area contributed by atoms with Crippen molar-refractivity contribution in [3.05, 3.63) is 58.9 Å². The average molecular weight is 370 g/mol. The van der Waals surface area contributed by atoms with E-state index in [2.05, 4.69) is 10.2 Å². The zero-order valence-corrected chi connectivity index (χ0v) is 15.6. The molecule has 0 saturated carbocycles. The largest absolute Gasteiger partial charge is 0.465 e. The number of rotatable bonds is 5. The number of carbonyl (C=O) groups is 1. The molecule has 1 saturated heterocycles. The molecule has 3 heterocycles. The lowest BCUT2D eigenvalue weighted by molar-refractivity contribution is 0.0117. The molecule has 1 amide bonds. The normalized spacial score (nSPS) is 16.7. The van der Waals surface area contributed by atoms with Crippen molar-refractivity contribution in [1.82, 2.24) is 10.2 Å². The third-order valence-electron chi connectivity index (χ3n) is 4.68. The first-order valence-corrected chi connectivity index (χ1v) is 9.67. The highest BCUT2D eigenvalue weighted by molar-refractivity contribution is 7.20. The first-order valence-electron chi connectivity index (χ1n) is 8.85. The fourth-order valence-electron chi connectivity index (χ4n) is 3.30. The Balaban J connectivity index is 1.49. The Morgan fingerprint density at radius 2 is 2.04 bits per heavy atom. The quantitative estimate of drug-likeness (QED) is 0.745. The molecule has 5 nitrogen and oxygen atoms in total. The van der Waals surface area contributed by atoms with Gasteiger partial charge in [-0.05, 0) is 36.6 Å². The van der Waals surface area contributed by atoms with Crippen LogP contribution in [0.3, 0.4) is 0 Å². The highest BCUT2D eigenvalue weighted by atomic mass is 32.1. The number of amides is 1. The SMILES string of the molecule is Cc1ccc([C@@H](CNC(=O)c2cc3ccccc3s2)N2CCOCC2)o1. The summed E-state index contributed by atoms with van der Waals surface area (Å²) in [7, 11) is 0. The molecule has 0 bridgehead atoms. The molecule has 1 aliphatic heterocycles. The second kappa shape index (κ2) is 7.61. The second-order valence-electron chi connectivity index (χ2n) is 6.47. The van der Waals surface area contributed by atoms with Crippen molar-refractivity contribution in [3.63, 3.8) is 0 Å². The monoisotopic (exact) mass is 370 g/mol. The van der Waals surface area contributed by atoms with Crippen molar-refractivity contribution < 1.29 is 13.9 Å². The Kier molecular flexibility index (Phi) is 5.06. The van der Waals surface area contributed by atoms with E-state index in [-0.39, 0.29) is 11.9 Å². The molecule has 1 N–H and O–H groups in total. The van der Waals surface area contributed by atoms with Gasteiger partial charge in [-0.1, -0.05) is 18.2 Å². The van der Waals surface area contributed by atoms with Crippen LogP contribution in [0.2, 0.25) is 0 Å². The zero-order chi connectivity index (χ0) is 17.9. The molecule has 1 aromatic carbocycles. The number of furan rings is 1. The van der Waals surface area contributed by atoms with Crippen LogP contribution in [0, 0.1) is 6.92 Å². The summed E-state index contributed by atoms with van der Waals surface area (Å²) < 4.78 is 12.4. The number of thiophene rings is 1. The minimum atomic E-state index is -0.0345. The lowest BCUT2D eigenvalue weighted by atomic mass is 10.1. The zero-order valence-electron chi connectivity index (χ0n) is 14.7. The first kappa shape index (κ1) is 17.3. The number of benzene rings is 1. The van der Waals surface area contributed by atoms with Gasteiger partial charge in [-0.3, -0.25) is 9.69 Å². The smallest absolute Gasteiger partial charge is 0.261 e. The molecule has 1 aliphatic rings. The number of hydrogen-bond acceptors (Lipinski definition) is 5. The van der Waals surface area contributed by atoms with Gasteiger partial charge in [0.15, 0.2) is 0 Å². The molecule has 1 atom stereocenters. The third kappa shape index (κ3) is 3.67. The Morgan fingerprint density at radius 3 is 2.77 bits per heavy atom. The molecule has 6 heteroatoms. The molecule has 0 spiro atoms. The lowest BCUT2D eigenvalue weighted by Gasteiger charge is -2.33. The summed E-state index contributed by atoms with van der Waals surface area (Å²) in [6, 6.07) is 14.0. The molecular weight excluding hydrogens is 348 g/mol. The minimum Gasteiger partial charge on any atom is -0.465 e. The minimum absolute atomic E-state index is 0.0194. The fraction of sp³-hybridized carbons (Fsp3) is 0.350. The molecule has 0 radical (unpaired) electrons. The number of ether oxygens (including phenoxy) is 1. The number of carbonyl (C=O) groups excluding carboxylic acids is 1. The van der Waals surface area contributed by atoms with Crippen LogP contribution in [0.25, 0.3) is 10.1 Å². The summed E-state index contributed by atoms with van der Waals surface area (Å²) in [5.41, 5.74) is 0. The average Bonchev–Trinajstić information content (AvgIpc) is 3.29. The van der Waals surface area contributed by atoms with Gasteiger partial charge in [-0.2, -0.15) is 0 Å². The molecule has 0 unspecified atom stereocenters. The molecule has 0 aliphatic carbocycles. The van der Waals surface area contributed by atoms with Crippen LogP contribution >= 0.6 is 11.3 Å². The predicted molar refractivity (Wildman–Crippen MR) is 103 cm³/mol.